The van der Waals surface area contributed by atoms with Crippen LogP contribution in [-0.4, -0.2) is 57.7 Å². The molecule has 4 rings (SSSR count). The second kappa shape index (κ2) is 17.9. The van der Waals surface area contributed by atoms with Crippen LogP contribution in [0.1, 0.15) is 144 Å². The van der Waals surface area contributed by atoms with Gasteiger partial charge in [0.1, 0.15) is 0 Å². The van der Waals surface area contributed by atoms with E-state index in [0.717, 1.165) is 51.7 Å². The highest BCUT2D eigenvalue weighted by Gasteiger charge is 2.48. The van der Waals surface area contributed by atoms with Crippen molar-refractivity contribution in [2.75, 3.05) is 13.2 Å². The van der Waals surface area contributed by atoms with Crippen molar-refractivity contribution in [2.24, 2.45) is 0 Å². The predicted molar refractivity (Wildman–Crippen MR) is 197 cm³/mol. The highest BCUT2D eigenvalue weighted by molar-refractivity contribution is 5.14. The molecule has 48 heavy (non-hydrogen) atoms. The molecule has 2 aromatic carbocycles. The number of ether oxygens (including phenoxy) is 2. The van der Waals surface area contributed by atoms with Gasteiger partial charge in [0, 0.05) is 22.2 Å². The van der Waals surface area contributed by atoms with E-state index in [2.05, 4.69) is 126 Å². The lowest BCUT2D eigenvalue weighted by atomic mass is 9.80. The van der Waals surface area contributed by atoms with Crippen molar-refractivity contribution >= 4 is 0 Å². The van der Waals surface area contributed by atoms with E-state index in [-0.39, 0.29) is 34.4 Å². The van der Waals surface area contributed by atoms with Crippen molar-refractivity contribution in [1.29, 1.82) is 0 Å². The fourth-order valence-corrected chi connectivity index (χ4v) is 8.43. The van der Waals surface area contributed by atoms with E-state index in [1.165, 1.54) is 49.7 Å². The third kappa shape index (κ3) is 11.9. The monoisotopic (exact) mass is 665 g/mol. The van der Waals surface area contributed by atoms with E-state index in [1.54, 1.807) is 0 Å². The van der Waals surface area contributed by atoms with Gasteiger partial charge in [-0.25, -0.2) is 0 Å². The molecule has 2 aromatic rings. The van der Waals surface area contributed by atoms with Gasteiger partial charge in [-0.3, -0.25) is 9.68 Å². The maximum absolute atomic E-state index is 6.47. The van der Waals surface area contributed by atoms with Gasteiger partial charge >= 0.3 is 0 Å². The van der Waals surface area contributed by atoms with Crippen LogP contribution in [0.25, 0.3) is 0 Å². The number of hydrogen-bond donors (Lipinski definition) is 0. The smallest absolute Gasteiger partial charge is 0.0720 e. The molecule has 2 aliphatic heterocycles. The minimum Gasteiger partial charge on any atom is -0.373 e. The van der Waals surface area contributed by atoms with E-state index in [1.807, 2.05) is 0 Å². The van der Waals surface area contributed by atoms with Gasteiger partial charge in [0.25, 0.3) is 0 Å². The molecule has 0 radical (unpaired) electrons. The van der Waals surface area contributed by atoms with Gasteiger partial charge in [-0.1, -0.05) is 99.2 Å². The summed E-state index contributed by atoms with van der Waals surface area (Å²) in [5, 5.41) is 4.55. The number of hydrogen-bond acceptors (Lipinski definition) is 6. The second-order valence-electron chi connectivity index (χ2n) is 17.0. The van der Waals surface area contributed by atoms with Crippen LogP contribution in [0, 0.1) is 0 Å². The van der Waals surface area contributed by atoms with Crippen LogP contribution in [0.5, 0.6) is 0 Å². The fraction of sp³-hybridized carbons (Fsp3) is 0.714. The van der Waals surface area contributed by atoms with Gasteiger partial charge < -0.3 is 9.47 Å². The Hall–Kier alpha value is -1.80. The van der Waals surface area contributed by atoms with Crippen molar-refractivity contribution in [3.05, 3.63) is 71.8 Å². The maximum atomic E-state index is 6.47. The summed E-state index contributed by atoms with van der Waals surface area (Å²) in [7, 11) is 0. The summed E-state index contributed by atoms with van der Waals surface area (Å²) in [5.74, 6) is 0. The van der Waals surface area contributed by atoms with E-state index in [0.29, 0.717) is 13.2 Å². The zero-order chi connectivity index (χ0) is 34.7. The molecule has 0 spiro atoms. The highest BCUT2D eigenvalue weighted by atomic mass is 16.7. The van der Waals surface area contributed by atoms with Crippen molar-refractivity contribution in [1.82, 2.24) is 10.1 Å². The lowest BCUT2D eigenvalue weighted by Crippen LogP contribution is -2.61. The van der Waals surface area contributed by atoms with Crippen LogP contribution in [0.3, 0.4) is 0 Å². The van der Waals surface area contributed by atoms with E-state index in [4.69, 9.17) is 19.1 Å². The Morgan fingerprint density at radius 1 is 0.458 bits per heavy atom. The summed E-state index contributed by atoms with van der Waals surface area (Å²) in [4.78, 5) is 12.9. The standard InChI is InChI=1S/C42H68N2O4/c1-39(2)29-37(45-33-35-23-17-15-18-24-35)30-40(3,4)43(39)47-27-21-13-11-9-10-12-14-22-28-48-44-41(5,6)31-38(32-42(44,7)8)46-34-36-25-19-16-20-26-36/h15-20,23-26,37-38H,9-14,21-22,27-34H2,1-8H3. The Morgan fingerprint density at radius 2 is 0.750 bits per heavy atom. The normalized spacial score (nSPS) is 21.4. The van der Waals surface area contributed by atoms with Crippen molar-refractivity contribution < 1.29 is 19.1 Å². The Labute approximate surface area is 293 Å². The van der Waals surface area contributed by atoms with Crippen molar-refractivity contribution in [3.8, 4) is 0 Å². The molecule has 6 heteroatoms. The highest BCUT2D eigenvalue weighted by Crippen LogP contribution is 2.41. The summed E-state index contributed by atoms with van der Waals surface area (Å²) in [6, 6.07) is 21.0. The van der Waals surface area contributed by atoms with Gasteiger partial charge in [-0.2, -0.15) is 10.1 Å². The first-order chi connectivity index (χ1) is 22.8. The quantitative estimate of drug-likeness (QED) is 0.139. The fourth-order valence-electron chi connectivity index (χ4n) is 8.43. The van der Waals surface area contributed by atoms with Crippen molar-refractivity contribution in [2.45, 2.75) is 180 Å². The Balaban J connectivity index is 1.03. The van der Waals surface area contributed by atoms with Gasteiger partial charge in [0.05, 0.1) is 38.6 Å². The van der Waals surface area contributed by atoms with Gasteiger partial charge in [0.2, 0.25) is 0 Å². The van der Waals surface area contributed by atoms with Crippen LogP contribution in [0.2, 0.25) is 0 Å². The zero-order valence-electron chi connectivity index (χ0n) is 31.8. The first kappa shape index (κ1) is 39.0. The Morgan fingerprint density at radius 3 is 1.06 bits per heavy atom. The van der Waals surface area contributed by atoms with Crippen LogP contribution >= 0.6 is 0 Å². The molecular weight excluding hydrogens is 596 g/mol. The van der Waals surface area contributed by atoms with Crippen molar-refractivity contribution in [3.63, 3.8) is 0 Å². The number of hydroxylamine groups is 4. The number of benzene rings is 2. The lowest BCUT2D eigenvalue weighted by Gasteiger charge is -2.53. The largest absolute Gasteiger partial charge is 0.373 e. The van der Waals surface area contributed by atoms with Crippen LogP contribution in [-0.2, 0) is 32.4 Å². The number of nitrogens with zero attached hydrogens (tertiary/aromatic N) is 2. The SMILES string of the molecule is CC1(C)CC(OCc2ccccc2)CC(C)(C)N1OCCCCCCCCCCON1C(C)(C)CC(OCc2ccccc2)CC1(C)C. The third-order valence-electron chi connectivity index (χ3n) is 10.2. The number of unbranched alkanes of at least 4 members (excludes halogenated alkanes) is 7. The van der Waals surface area contributed by atoms with E-state index < -0.39 is 0 Å². The van der Waals surface area contributed by atoms with E-state index in [9.17, 15) is 0 Å². The topological polar surface area (TPSA) is 43.4 Å². The molecular formula is C42H68N2O4. The molecule has 270 valence electrons. The number of piperidine rings is 2. The number of rotatable bonds is 19. The van der Waals surface area contributed by atoms with Gasteiger partial charge in [-0.05, 0) is 105 Å². The van der Waals surface area contributed by atoms with Crippen LogP contribution < -0.4 is 0 Å². The molecule has 0 amide bonds. The predicted octanol–water partition coefficient (Wildman–Crippen LogP) is 10.4. The van der Waals surface area contributed by atoms with Gasteiger partial charge in [-0.15, -0.1) is 0 Å². The van der Waals surface area contributed by atoms with Crippen LogP contribution in [0.4, 0.5) is 0 Å². The van der Waals surface area contributed by atoms with Crippen LogP contribution in [0.15, 0.2) is 60.7 Å². The molecule has 2 fully saturated rings. The maximum Gasteiger partial charge on any atom is 0.0720 e. The molecule has 0 saturated carbocycles. The first-order valence-electron chi connectivity index (χ1n) is 19.0. The second-order valence-corrected chi connectivity index (χ2v) is 17.0. The summed E-state index contributed by atoms with van der Waals surface area (Å²) in [6.07, 6.45) is 14.3. The Kier molecular flexibility index (Phi) is 14.6. The molecule has 0 aromatic heterocycles. The molecule has 0 aliphatic carbocycles. The van der Waals surface area contributed by atoms with E-state index >= 15 is 0 Å². The molecule has 2 aliphatic rings. The molecule has 0 atom stereocenters. The molecule has 0 unspecified atom stereocenters. The zero-order valence-corrected chi connectivity index (χ0v) is 31.8. The average molecular weight is 665 g/mol. The summed E-state index contributed by atoms with van der Waals surface area (Å²) in [6.45, 7) is 21.3. The first-order valence-corrected chi connectivity index (χ1v) is 19.0. The summed E-state index contributed by atoms with van der Waals surface area (Å²) < 4.78 is 12.7. The average Bonchev–Trinajstić information content (AvgIpc) is 3.01. The third-order valence-corrected chi connectivity index (χ3v) is 10.2. The molecule has 6 nitrogen and oxygen atoms in total. The minimum atomic E-state index is -0.0638. The molecule has 0 N–H and O–H groups in total. The minimum absolute atomic E-state index is 0.0638. The summed E-state index contributed by atoms with van der Waals surface area (Å²) in [5.41, 5.74) is 2.22. The molecule has 2 saturated heterocycles. The molecule has 0 bridgehead atoms. The summed E-state index contributed by atoms with van der Waals surface area (Å²) >= 11 is 0. The lowest BCUT2D eigenvalue weighted by molar-refractivity contribution is -0.296. The van der Waals surface area contributed by atoms with Gasteiger partial charge in [0.15, 0.2) is 0 Å². The Bertz CT molecular complexity index is 1050. The molecule has 2 heterocycles.